The number of carbonyl (C=O) groups excluding carboxylic acids is 1. The van der Waals surface area contributed by atoms with Crippen LogP contribution in [-0.4, -0.2) is 41.1 Å². The summed E-state index contributed by atoms with van der Waals surface area (Å²) >= 11 is 0. The molecule has 3 rings (SSSR count). The Morgan fingerprint density at radius 1 is 1.30 bits per heavy atom. The molecule has 1 aromatic rings. The Hall–Kier alpha value is -1.88. The van der Waals surface area contributed by atoms with E-state index in [1.54, 1.807) is 0 Å². The topological polar surface area (TPSA) is 66.8 Å². The third-order valence-corrected chi connectivity index (χ3v) is 4.04. The minimum Gasteiger partial charge on any atom is -0.480 e. The van der Waals surface area contributed by atoms with Crippen molar-refractivity contribution in [1.29, 1.82) is 0 Å². The number of likely N-dealkylation sites (tertiary alicyclic amines) is 1. The van der Waals surface area contributed by atoms with Crippen LogP contribution >= 0.6 is 0 Å². The normalized spacial score (nSPS) is 25.3. The molecule has 0 radical (unpaired) electrons. The van der Waals surface area contributed by atoms with Gasteiger partial charge in [0.15, 0.2) is 6.10 Å². The highest BCUT2D eigenvalue weighted by Gasteiger charge is 2.39. The maximum Gasteiger partial charge on any atom is 0.326 e. The van der Waals surface area contributed by atoms with E-state index in [9.17, 15) is 14.7 Å². The third-order valence-electron chi connectivity index (χ3n) is 4.04. The molecule has 0 saturated carbocycles. The first-order chi connectivity index (χ1) is 9.68. The number of amides is 1. The zero-order valence-corrected chi connectivity index (χ0v) is 11.1. The van der Waals surface area contributed by atoms with Crippen LogP contribution < -0.4 is 0 Å². The number of aliphatic carboxylic acids is 1. The quantitative estimate of drug-likeness (QED) is 0.885. The lowest BCUT2D eigenvalue weighted by Gasteiger charge is -2.30. The van der Waals surface area contributed by atoms with Crippen molar-refractivity contribution in [2.45, 2.75) is 31.4 Å². The number of fused-ring (bicyclic) bond motifs is 1. The van der Waals surface area contributed by atoms with E-state index >= 15 is 0 Å². The molecule has 1 aromatic carbocycles. The Labute approximate surface area is 117 Å². The van der Waals surface area contributed by atoms with Crippen LogP contribution in [0.25, 0.3) is 0 Å². The third kappa shape index (κ3) is 2.18. The second-order valence-corrected chi connectivity index (χ2v) is 5.23. The lowest BCUT2D eigenvalue weighted by Crippen LogP contribution is -2.44. The fourth-order valence-electron chi connectivity index (χ4n) is 3.04. The van der Waals surface area contributed by atoms with Crippen molar-refractivity contribution in [3.8, 4) is 0 Å². The second-order valence-electron chi connectivity index (χ2n) is 5.23. The minimum atomic E-state index is -0.931. The number of nitrogens with zero attached hydrogens (tertiary/aromatic N) is 1. The Kier molecular flexibility index (Phi) is 3.44. The maximum atomic E-state index is 12.6. The van der Waals surface area contributed by atoms with Crippen molar-refractivity contribution in [3.63, 3.8) is 0 Å². The van der Waals surface area contributed by atoms with Gasteiger partial charge in [-0.2, -0.15) is 0 Å². The van der Waals surface area contributed by atoms with Gasteiger partial charge in [-0.25, -0.2) is 4.79 Å². The van der Waals surface area contributed by atoms with Crippen LogP contribution in [-0.2, 0) is 20.7 Å². The van der Waals surface area contributed by atoms with Crippen molar-refractivity contribution in [1.82, 2.24) is 4.90 Å². The molecule has 0 aromatic heterocycles. The molecular weight excluding hydrogens is 258 g/mol. The number of carboxylic acid groups (broad SMARTS) is 1. The molecule has 5 nitrogen and oxygen atoms in total. The first kappa shape index (κ1) is 13.1. The van der Waals surface area contributed by atoms with Crippen LogP contribution in [0.3, 0.4) is 0 Å². The lowest BCUT2D eigenvalue weighted by molar-refractivity contribution is -0.154. The van der Waals surface area contributed by atoms with Crippen LogP contribution in [0.15, 0.2) is 24.3 Å². The highest BCUT2D eigenvalue weighted by molar-refractivity contribution is 5.88. The summed E-state index contributed by atoms with van der Waals surface area (Å²) in [6.07, 6.45) is 1.40. The van der Waals surface area contributed by atoms with E-state index in [0.717, 1.165) is 24.0 Å². The molecule has 5 heteroatoms. The fraction of sp³-hybridized carbons (Fsp3) is 0.467. The van der Waals surface area contributed by atoms with Crippen molar-refractivity contribution >= 4 is 11.9 Å². The van der Waals surface area contributed by atoms with Crippen LogP contribution in [0.1, 0.15) is 30.1 Å². The molecule has 1 saturated heterocycles. The van der Waals surface area contributed by atoms with Gasteiger partial charge in [0.25, 0.3) is 5.91 Å². The largest absolute Gasteiger partial charge is 0.480 e. The molecule has 0 bridgehead atoms. The number of carbonyl (C=O) groups is 2. The maximum absolute atomic E-state index is 12.6. The molecule has 1 N–H and O–H groups in total. The Balaban J connectivity index is 1.87. The summed E-state index contributed by atoms with van der Waals surface area (Å²) in [5, 5.41) is 9.19. The van der Waals surface area contributed by atoms with Gasteiger partial charge >= 0.3 is 5.97 Å². The average Bonchev–Trinajstić information content (AvgIpc) is 2.95. The van der Waals surface area contributed by atoms with Gasteiger partial charge in [-0.1, -0.05) is 24.3 Å². The molecule has 1 fully saturated rings. The summed E-state index contributed by atoms with van der Waals surface area (Å²) < 4.78 is 5.62. The fourth-order valence-corrected chi connectivity index (χ4v) is 3.04. The minimum absolute atomic E-state index is 0.220. The molecule has 2 atom stereocenters. The van der Waals surface area contributed by atoms with Gasteiger partial charge in [-0.15, -0.1) is 0 Å². The van der Waals surface area contributed by atoms with Gasteiger partial charge in [0.05, 0.1) is 6.61 Å². The smallest absolute Gasteiger partial charge is 0.326 e. The number of benzene rings is 1. The van der Waals surface area contributed by atoms with Crippen LogP contribution in [0.4, 0.5) is 0 Å². The molecule has 0 spiro atoms. The van der Waals surface area contributed by atoms with E-state index in [1.807, 2.05) is 24.3 Å². The SMILES string of the molecule is O=C(O)[C@H]1CCCN1C(=O)C1OCCc2ccccc21. The first-order valence-electron chi connectivity index (χ1n) is 6.91. The number of ether oxygens (including phenoxy) is 1. The number of rotatable bonds is 2. The zero-order valence-electron chi connectivity index (χ0n) is 11.1. The Bertz CT molecular complexity index is 542. The molecule has 2 heterocycles. The molecular formula is C15H17NO4. The summed E-state index contributed by atoms with van der Waals surface area (Å²) in [5.41, 5.74) is 1.99. The van der Waals surface area contributed by atoms with E-state index in [-0.39, 0.29) is 5.91 Å². The number of hydrogen-bond donors (Lipinski definition) is 1. The highest BCUT2D eigenvalue weighted by Crippen LogP contribution is 2.31. The monoisotopic (exact) mass is 275 g/mol. The van der Waals surface area contributed by atoms with E-state index in [1.165, 1.54) is 4.90 Å². The molecule has 106 valence electrons. The summed E-state index contributed by atoms with van der Waals surface area (Å²) in [5.74, 6) is -1.15. The van der Waals surface area contributed by atoms with Crippen LogP contribution in [0.5, 0.6) is 0 Å². The average molecular weight is 275 g/mol. The molecule has 1 amide bonds. The van der Waals surface area contributed by atoms with Crippen molar-refractivity contribution < 1.29 is 19.4 Å². The van der Waals surface area contributed by atoms with E-state index < -0.39 is 18.1 Å². The van der Waals surface area contributed by atoms with Crippen LogP contribution in [0, 0.1) is 0 Å². The van der Waals surface area contributed by atoms with E-state index in [2.05, 4.69) is 0 Å². The van der Waals surface area contributed by atoms with Gasteiger partial charge < -0.3 is 14.7 Å². The summed E-state index contributed by atoms with van der Waals surface area (Å²) in [6, 6.07) is 7.01. The van der Waals surface area contributed by atoms with Crippen molar-refractivity contribution in [2.75, 3.05) is 13.2 Å². The highest BCUT2D eigenvalue weighted by atomic mass is 16.5. The summed E-state index contributed by atoms with van der Waals surface area (Å²) in [7, 11) is 0. The summed E-state index contributed by atoms with van der Waals surface area (Å²) in [6.45, 7) is 0.997. The van der Waals surface area contributed by atoms with Gasteiger partial charge in [-0.3, -0.25) is 4.79 Å². The lowest BCUT2D eigenvalue weighted by atomic mass is 9.96. The molecule has 2 aliphatic heterocycles. The number of hydrogen-bond acceptors (Lipinski definition) is 3. The Morgan fingerprint density at radius 3 is 2.90 bits per heavy atom. The molecule has 20 heavy (non-hydrogen) atoms. The standard InChI is InChI=1S/C15H17NO4/c17-14(16-8-3-6-12(16)15(18)19)13-11-5-2-1-4-10(11)7-9-20-13/h1-2,4-5,12-13H,3,6-9H2,(H,18,19)/t12-,13?/m1/s1. The van der Waals surface area contributed by atoms with Gasteiger partial charge in [0.2, 0.25) is 0 Å². The summed E-state index contributed by atoms with van der Waals surface area (Å²) in [4.78, 5) is 25.3. The predicted octanol–water partition coefficient (Wildman–Crippen LogP) is 1.38. The van der Waals surface area contributed by atoms with E-state index in [0.29, 0.717) is 19.6 Å². The second kappa shape index (κ2) is 5.25. The van der Waals surface area contributed by atoms with Gasteiger partial charge in [0, 0.05) is 6.54 Å². The first-order valence-corrected chi connectivity index (χ1v) is 6.91. The van der Waals surface area contributed by atoms with Crippen molar-refractivity contribution in [3.05, 3.63) is 35.4 Å². The Morgan fingerprint density at radius 2 is 2.10 bits per heavy atom. The zero-order chi connectivity index (χ0) is 14.1. The van der Waals surface area contributed by atoms with Gasteiger partial charge in [0.1, 0.15) is 6.04 Å². The number of carboxylic acids is 1. The molecule has 1 unspecified atom stereocenters. The van der Waals surface area contributed by atoms with E-state index in [4.69, 9.17) is 4.74 Å². The van der Waals surface area contributed by atoms with Crippen LogP contribution in [0.2, 0.25) is 0 Å². The predicted molar refractivity (Wildman–Crippen MR) is 71.2 cm³/mol. The van der Waals surface area contributed by atoms with Crippen molar-refractivity contribution in [2.24, 2.45) is 0 Å². The molecule has 2 aliphatic rings. The molecule has 0 aliphatic carbocycles. The van der Waals surface area contributed by atoms with Gasteiger partial charge in [-0.05, 0) is 30.4 Å².